The van der Waals surface area contributed by atoms with Crippen LogP contribution in [-0.2, 0) is 11.3 Å². The van der Waals surface area contributed by atoms with Gasteiger partial charge in [-0.1, -0.05) is 18.2 Å². The van der Waals surface area contributed by atoms with Crippen molar-refractivity contribution in [1.82, 2.24) is 10.2 Å². The Bertz CT molecular complexity index is 411. The molecule has 1 N–H and O–H groups in total. The molecule has 1 heterocycles. The average molecular weight is 247 g/mol. The van der Waals surface area contributed by atoms with Crippen molar-refractivity contribution in [3.05, 3.63) is 29.8 Å². The van der Waals surface area contributed by atoms with Crippen LogP contribution >= 0.6 is 0 Å². The van der Waals surface area contributed by atoms with Gasteiger partial charge in [-0.25, -0.2) is 0 Å². The Hall–Kier alpha value is -1.55. The van der Waals surface area contributed by atoms with Crippen molar-refractivity contribution >= 4 is 11.6 Å². The normalized spacial score (nSPS) is 16.7. The largest absolute Gasteiger partial charge is 0.369 e. The fourth-order valence-electron chi connectivity index (χ4n) is 2.24. The van der Waals surface area contributed by atoms with Crippen LogP contribution in [0.3, 0.4) is 0 Å². The number of nitrogens with one attached hydrogen (secondary N) is 1. The lowest BCUT2D eigenvalue weighted by Crippen LogP contribution is -2.45. The highest BCUT2D eigenvalue weighted by Gasteiger charge is 2.16. The van der Waals surface area contributed by atoms with E-state index in [0.29, 0.717) is 6.54 Å². The molecule has 0 saturated carbocycles. The van der Waals surface area contributed by atoms with Crippen molar-refractivity contribution in [1.29, 1.82) is 0 Å². The number of piperazine rings is 1. The molecular formula is C14H21N3O. The van der Waals surface area contributed by atoms with Gasteiger partial charge < -0.3 is 15.1 Å². The summed E-state index contributed by atoms with van der Waals surface area (Å²) in [5, 5.41) is 2.87. The summed E-state index contributed by atoms with van der Waals surface area (Å²) in [5.41, 5.74) is 2.44. The highest BCUT2D eigenvalue weighted by molar-refractivity contribution is 5.73. The maximum Gasteiger partial charge on any atom is 0.217 e. The van der Waals surface area contributed by atoms with Crippen LogP contribution in [0.15, 0.2) is 24.3 Å². The van der Waals surface area contributed by atoms with Crippen molar-refractivity contribution < 1.29 is 4.79 Å². The molecule has 0 spiro atoms. The SMILES string of the molecule is CC(=O)NCc1ccccc1N1CCN(C)CC1. The van der Waals surface area contributed by atoms with E-state index < -0.39 is 0 Å². The van der Waals surface area contributed by atoms with E-state index in [1.807, 2.05) is 6.07 Å². The topological polar surface area (TPSA) is 35.6 Å². The maximum absolute atomic E-state index is 11.0. The fraction of sp³-hybridized carbons (Fsp3) is 0.500. The monoisotopic (exact) mass is 247 g/mol. The molecule has 1 amide bonds. The number of nitrogens with zero attached hydrogens (tertiary/aromatic N) is 2. The number of benzene rings is 1. The molecule has 0 radical (unpaired) electrons. The summed E-state index contributed by atoms with van der Waals surface area (Å²) in [6.07, 6.45) is 0. The smallest absolute Gasteiger partial charge is 0.217 e. The van der Waals surface area contributed by atoms with Crippen molar-refractivity contribution in [2.75, 3.05) is 38.1 Å². The first-order chi connectivity index (χ1) is 8.66. The molecule has 2 rings (SSSR count). The molecule has 0 unspecified atom stereocenters. The van der Waals surface area contributed by atoms with Gasteiger partial charge in [-0.2, -0.15) is 0 Å². The van der Waals surface area contributed by atoms with Crippen molar-refractivity contribution in [3.63, 3.8) is 0 Å². The standard InChI is InChI=1S/C14H21N3O/c1-12(18)15-11-13-5-3-4-6-14(13)17-9-7-16(2)8-10-17/h3-6H,7-11H2,1-2H3,(H,15,18). The molecule has 1 fully saturated rings. The van der Waals surface area contributed by atoms with Gasteiger partial charge in [0.1, 0.15) is 0 Å². The van der Waals surface area contributed by atoms with Crippen LogP contribution in [-0.4, -0.2) is 44.0 Å². The van der Waals surface area contributed by atoms with Crippen LogP contribution < -0.4 is 10.2 Å². The zero-order valence-corrected chi connectivity index (χ0v) is 11.1. The van der Waals surface area contributed by atoms with Gasteiger partial charge in [0.2, 0.25) is 5.91 Å². The van der Waals surface area contributed by atoms with Gasteiger partial charge in [-0.05, 0) is 18.7 Å². The third-order valence-electron chi connectivity index (χ3n) is 3.36. The zero-order valence-electron chi connectivity index (χ0n) is 11.1. The first-order valence-electron chi connectivity index (χ1n) is 6.42. The third kappa shape index (κ3) is 3.23. The fourth-order valence-corrected chi connectivity index (χ4v) is 2.24. The lowest BCUT2D eigenvalue weighted by Gasteiger charge is -2.35. The Labute approximate surface area is 109 Å². The Morgan fingerprint density at radius 2 is 1.89 bits per heavy atom. The first kappa shape index (κ1) is 12.9. The number of hydrogen-bond acceptors (Lipinski definition) is 3. The molecule has 0 bridgehead atoms. The minimum Gasteiger partial charge on any atom is -0.369 e. The zero-order chi connectivity index (χ0) is 13.0. The summed E-state index contributed by atoms with van der Waals surface area (Å²) in [7, 11) is 2.15. The van der Waals surface area contributed by atoms with Crippen molar-refractivity contribution in [2.45, 2.75) is 13.5 Å². The Morgan fingerprint density at radius 3 is 2.56 bits per heavy atom. The molecule has 0 atom stereocenters. The highest BCUT2D eigenvalue weighted by Crippen LogP contribution is 2.21. The number of carbonyl (C=O) groups is 1. The first-order valence-corrected chi connectivity index (χ1v) is 6.42. The molecule has 0 aliphatic carbocycles. The van der Waals surface area contributed by atoms with Crippen molar-refractivity contribution in [3.8, 4) is 0 Å². The van der Waals surface area contributed by atoms with E-state index in [1.165, 1.54) is 11.3 Å². The highest BCUT2D eigenvalue weighted by atomic mass is 16.1. The van der Waals surface area contributed by atoms with E-state index in [4.69, 9.17) is 0 Å². The minimum absolute atomic E-state index is 0.0168. The number of amides is 1. The number of rotatable bonds is 3. The molecule has 4 nitrogen and oxygen atoms in total. The number of likely N-dealkylation sites (N-methyl/N-ethyl adjacent to an activating group) is 1. The molecule has 1 saturated heterocycles. The molecule has 4 heteroatoms. The van der Waals surface area contributed by atoms with Gasteiger partial charge in [-0.15, -0.1) is 0 Å². The van der Waals surface area contributed by atoms with Crippen LogP contribution in [0, 0.1) is 0 Å². The van der Waals surface area contributed by atoms with Crippen molar-refractivity contribution in [2.24, 2.45) is 0 Å². The molecule has 98 valence electrons. The van der Waals surface area contributed by atoms with Gasteiger partial charge in [0, 0.05) is 45.3 Å². The van der Waals surface area contributed by atoms with E-state index in [0.717, 1.165) is 26.2 Å². The van der Waals surface area contributed by atoms with E-state index in [2.05, 4.69) is 40.4 Å². The van der Waals surface area contributed by atoms with E-state index in [9.17, 15) is 4.79 Å². The lowest BCUT2D eigenvalue weighted by atomic mass is 10.1. The maximum atomic E-state index is 11.0. The molecule has 18 heavy (non-hydrogen) atoms. The second-order valence-corrected chi connectivity index (χ2v) is 4.83. The summed E-state index contributed by atoms with van der Waals surface area (Å²) in [6.45, 7) is 6.44. The quantitative estimate of drug-likeness (QED) is 0.868. The second-order valence-electron chi connectivity index (χ2n) is 4.83. The third-order valence-corrected chi connectivity index (χ3v) is 3.36. The van der Waals surface area contributed by atoms with Gasteiger partial charge in [0.15, 0.2) is 0 Å². The molecular weight excluding hydrogens is 226 g/mol. The number of hydrogen-bond donors (Lipinski definition) is 1. The Kier molecular flexibility index (Phi) is 4.20. The van der Waals surface area contributed by atoms with Crippen LogP contribution in [0.1, 0.15) is 12.5 Å². The number of para-hydroxylation sites is 1. The van der Waals surface area contributed by atoms with Crippen LogP contribution in [0.2, 0.25) is 0 Å². The van der Waals surface area contributed by atoms with Crippen LogP contribution in [0.25, 0.3) is 0 Å². The predicted octanol–water partition coefficient (Wildman–Crippen LogP) is 1.07. The van der Waals surface area contributed by atoms with E-state index in [-0.39, 0.29) is 5.91 Å². The predicted molar refractivity (Wildman–Crippen MR) is 73.7 cm³/mol. The molecule has 1 aliphatic heterocycles. The van der Waals surface area contributed by atoms with Gasteiger partial charge >= 0.3 is 0 Å². The summed E-state index contributed by atoms with van der Waals surface area (Å²) in [6, 6.07) is 8.31. The summed E-state index contributed by atoms with van der Waals surface area (Å²) < 4.78 is 0. The number of carbonyl (C=O) groups excluding carboxylic acids is 1. The summed E-state index contributed by atoms with van der Waals surface area (Å²) >= 11 is 0. The lowest BCUT2D eigenvalue weighted by molar-refractivity contribution is -0.119. The average Bonchev–Trinajstić information content (AvgIpc) is 2.38. The molecule has 1 aromatic rings. The van der Waals surface area contributed by atoms with Gasteiger partial charge in [-0.3, -0.25) is 4.79 Å². The second kappa shape index (κ2) is 5.87. The van der Waals surface area contributed by atoms with Crippen LogP contribution in [0.5, 0.6) is 0 Å². The molecule has 0 aromatic heterocycles. The van der Waals surface area contributed by atoms with E-state index >= 15 is 0 Å². The molecule has 1 aromatic carbocycles. The molecule has 1 aliphatic rings. The number of anilines is 1. The van der Waals surface area contributed by atoms with Gasteiger partial charge in [0.05, 0.1) is 0 Å². The summed E-state index contributed by atoms with van der Waals surface area (Å²) in [4.78, 5) is 15.8. The Morgan fingerprint density at radius 1 is 1.22 bits per heavy atom. The Balaban J connectivity index is 2.09. The summed E-state index contributed by atoms with van der Waals surface area (Å²) in [5.74, 6) is 0.0168. The van der Waals surface area contributed by atoms with Crippen LogP contribution in [0.4, 0.5) is 5.69 Å². The minimum atomic E-state index is 0.0168. The van der Waals surface area contributed by atoms with Gasteiger partial charge in [0.25, 0.3) is 0 Å². The van der Waals surface area contributed by atoms with E-state index in [1.54, 1.807) is 6.92 Å².